The van der Waals surface area contributed by atoms with Crippen LogP contribution in [0.25, 0.3) is 11.1 Å². The monoisotopic (exact) mass is 429 g/mol. The van der Waals surface area contributed by atoms with Crippen molar-refractivity contribution in [3.05, 3.63) is 83.4 Å². The predicted molar refractivity (Wildman–Crippen MR) is 124 cm³/mol. The molecule has 2 heterocycles. The second kappa shape index (κ2) is 7.68. The topological polar surface area (TPSA) is 48.0 Å². The van der Waals surface area contributed by atoms with E-state index < -0.39 is 0 Å². The highest BCUT2D eigenvalue weighted by molar-refractivity contribution is 5.91. The van der Waals surface area contributed by atoms with Gasteiger partial charge in [-0.3, -0.25) is 4.84 Å². The Morgan fingerprint density at radius 3 is 2.56 bits per heavy atom. The fraction of sp³-hybridized carbons (Fsp3) is 0.296. The van der Waals surface area contributed by atoms with E-state index in [0.29, 0.717) is 12.2 Å². The lowest BCUT2D eigenvalue weighted by Crippen LogP contribution is -2.51. The van der Waals surface area contributed by atoms with Crippen LogP contribution in [0, 0.1) is 5.92 Å². The quantitative estimate of drug-likeness (QED) is 0.511. The largest absolute Gasteiger partial charge is 0.493 e. The summed E-state index contributed by atoms with van der Waals surface area (Å²) in [6.07, 6.45) is 0. The third-order valence-electron chi connectivity index (χ3n) is 6.96. The molecule has 0 N–H and O–H groups in total. The maximum atomic E-state index is 12.0. The van der Waals surface area contributed by atoms with Crippen molar-refractivity contribution in [2.75, 3.05) is 25.9 Å². The van der Waals surface area contributed by atoms with Gasteiger partial charge in [-0.15, -0.1) is 0 Å². The maximum absolute atomic E-state index is 12.0. The van der Waals surface area contributed by atoms with Gasteiger partial charge in [0.1, 0.15) is 5.75 Å². The zero-order valence-corrected chi connectivity index (χ0v) is 18.8. The Labute approximate surface area is 188 Å². The van der Waals surface area contributed by atoms with Gasteiger partial charge in [0.05, 0.1) is 38.1 Å². The molecule has 3 aromatic carbocycles. The van der Waals surface area contributed by atoms with Gasteiger partial charge in [-0.2, -0.15) is 0 Å². The van der Waals surface area contributed by atoms with E-state index in [1.165, 1.54) is 12.7 Å². The van der Waals surface area contributed by atoms with Crippen LogP contribution in [0.15, 0.2) is 66.7 Å². The van der Waals surface area contributed by atoms with Gasteiger partial charge in [-0.25, -0.2) is 9.86 Å². The number of hydrogen-bond donors (Lipinski definition) is 0. The highest BCUT2D eigenvalue weighted by Gasteiger charge is 2.50. The lowest BCUT2D eigenvalue weighted by Gasteiger charge is -2.52. The molecule has 5 nitrogen and oxygen atoms in total. The van der Waals surface area contributed by atoms with Gasteiger partial charge >= 0.3 is 5.97 Å². The van der Waals surface area contributed by atoms with Crippen molar-refractivity contribution in [1.82, 2.24) is 0 Å². The average molecular weight is 430 g/mol. The van der Waals surface area contributed by atoms with Crippen molar-refractivity contribution in [1.29, 1.82) is 0 Å². The third-order valence-corrected chi connectivity index (χ3v) is 6.96. The zero-order valence-electron chi connectivity index (χ0n) is 18.8. The molecule has 0 unspecified atom stereocenters. The van der Waals surface area contributed by atoms with Crippen LogP contribution in [0.2, 0.25) is 0 Å². The van der Waals surface area contributed by atoms with Crippen LogP contribution < -0.4 is 9.80 Å². The molecule has 0 radical (unpaired) electrons. The zero-order chi connectivity index (χ0) is 22.5. The number of para-hydroxylation sites is 1. The molecule has 0 saturated carbocycles. The Morgan fingerprint density at radius 1 is 1.00 bits per heavy atom. The van der Waals surface area contributed by atoms with Crippen molar-refractivity contribution >= 4 is 11.7 Å². The number of nitrogens with zero attached hydrogens (tertiary/aromatic N) is 1. The van der Waals surface area contributed by atoms with Gasteiger partial charge in [0.25, 0.3) is 0 Å². The van der Waals surface area contributed by atoms with Gasteiger partial charge in [0.15, 0.2) is 0 Å². The molecule has 0 aliphatic carbocycles. The number of benzene rings is 3. The number of fused-ring (bicyclic) bond motifs is 4. The van der Waals surface area contributed by atoms with Crippen molar-refractivity contribution in [3.8, 4) is 16.9 Å². The summed E-state index contributed by atoms with van der Waals surface area (Å²) < 4.78 is 11.1. The molecule has 0 aromatic heterocycles. The molecule has 32 heavy (non-hydrogen) atoms. The maximum Gasteiger partial charge on any atom is 0.337 e. The predicted octanol–water partition coefficient (Wildman–Crippen LogP) is 5.55. The molecule has 164 valence electrons. The van der Waals surface area contributed by atoms with Crippen LogP contribution in [-0.2, 0) is 15.0 Å². The lowest BCUT2D eigenvalue weighted by molar-refractivity contribution is 0.0442. The number of anilines is 1. The molecular formula is C27H27NO4. The van der Waals surface area contributed by atoms with E-state index >= 15 is 0 Å². The third kappa shape index (κ3) is 3.07. The summed E-state index contributed by atoms with van der Waals surface area (Å²) in [5.74, 6) is 0.796. The van der Waals surface area contributed by atoms with Crippen molar-refractivity contribution in [2.24, 2.45) is 5.92 Å². The second-order valence-electron chi connectivity index (χ2n) is 8.93. The fourth-order valence-corrected chi connectivity index (χ4v) is 5.17. The standard InChI is InChI=1S/C27H27NO4/c1-27(2)21-15-18(17-8-7-9-19(14-17)26(29)30-3)12-13-23(21)28(31-4)25-20-10-5-6-11-24(20)32-16-22(25)27/h5-15,22,25H,16H2,1-4H3/t22-,25+/m0/s1. The summed E-state index contributed by atoms with van der Waals surface area (Å²) in [7, 11) is 3.13. The van der Waals surface area contributed by atoms with E-state index in [4.69, 9.17) is 14.3 Å². The number of ether oxygens (including phenoxy) is 2. The number of hydroxylamine groups is 1. The first kappa shape index (κ1) is 20.6. The van der Waals surface area contributed by atoms with Gasteiger partial charge in [0.2, 0.25) is 0 Å². The molecule has 2 aliphatic rings. The van der Waals surface area contributed by atoms with Crippen molar-refractivity contribution in [3.63, 3.8) is 0 Å². The van der Waals surface area contributed by atoms with Crippen LogP contribution in [0.5, 0.6) is 5.75 Å². The Kier molecular flexibility index (Phi) is 4.94. The first-order valence-electron chi connectivity index (χ1n) is 10.8. The second-order valence-corrected chi connectivity index (χ2v) is 8.93. The molecule has 0 spiro atoms. The van der Waals surface area contributed by atoms with Crippen LogP contribution in [-0.4, -0.2) is 26.8 Å². The van der Waals surface area contributed by atoms with Crippen molar-refractivity contribution < 1.29 is 19.1 Å². The SMILES string of the molecule is COC(=O)c1cccc(-c2ccc3c(c2)C(C)(C)[C@H]2COc4ccccc4[C@H]2N3OC)c1. The first-order valence-corrected chi connectivity index (χ1v) is 10.8. The highest BCUT2D eigenvalue weighted by atomic mass is 16.7. The first-order chi connectivity index (χ1) is 15.5. The minimum Gasteiger partial charge on any atom is -0.493 e. The summed E-state index contributed by atoms with van der Waals surface area (Å²) in [4.78, 5) is 18.0. The smallest absolute Gasteiger partial charge is 0.337 e. The number of esters is 1. The Morgan fingerprint density at radius 2 is 1.78 bits per heavy atom. The van der Waals surface area contributed by atoms with Gasteiger partial charge in [-0.1, -0.05) is 50.2 Å². The molecule has 3 aromatic rings. The number of carbonyl (C=O) groups excluding carboxylic acids is 1. The molecule has 0 bridgehead atoms. The van der Waals surface area contributed by atoms with E-state index in [0.717, 1.165) is 28.1 Å². The van der Waals surface area contributed by atoms with Crippen molar-refractivity contribution in [2.45, 2.75) is 25.3 Å². The molecular weight excluding hydrogens is 402 g/mol. The van der Waals surface area contributed by atoms with Crippen LogP contribution >= 0.6 is 0 Å². The van der Waals surface area contributed by atoms with Crippen LogP contribution in [0.3, 0.4) is 0 Å². The average Bonchev–Trinajstić information content (AvgIpc) is 2.83. The number of methoxy groups -OCH3 is 1. The molecule has 5 rings (SSSR count). The Hall–Kier alpha value is -3.31. The minimum absolute atomic E-state index is 0.0703. The normalized spacial score (nSPS) is 20.4. The van der Waals surface area contributed by atoms with E-state index in [1.54, 1.807) is 13.2 Å². The van der Waals surface area contributed by atoms with Crippen LogP contribution in [0.1, 0.15) is 41.4 Å². The fourth-order valence-electron chi connectivity index (χ4n) is 5.17. The molecule has 5 heteroatoms. The molecule has 0 fully saturated rings. The van der Waals surface area contributed by atoms with E-state index in [1.807, 2.05) is 35.4 Å². The van der Waals surface area contributed by atoms with E-state index in [9.17, 15) is 4.79 Å². The molecule has 0 saturated heterocycles. The number of carbonyl (C=O) groups is 1. The lowest BCUT2D eigenvalue weighted by atomic mass is 9.65. The van der Waals surface area contributed by atoms with E-state index in [-0.39, 0.29) is 23.3 Å². The van der Waals surface area contributed by atoms with E-state index in [2.05, 4.69) is 44.2 Å². The summed E-state index contributed by atoms with van der Waals surface area (Å²) >= 11 is 0. The summed E-state index contributed by atoms with van der Waals surface area (Å²) in [5, 5.41) is 2.03. The minimum atomic E-state index is -0.337. The van der Waals surface area contributed by atoms with Gasteiger partial charge < -0.3 is 9.47 Å². The van der Waals surface area contributed by atoms with Gasteiger partial charge in [-0.05, 0) is 47.0 Å². The number of rotatable bonds is 3. The molecule has 0 amide bonds. The molecule has 2 aliphatic heterocycles. The Bertz CT molecular complexity index is 1190. The molecule has 2 atom stereocenters. The van der Waals surface area contributed by atoms with Crippen LogP contribution in [0.4, 0.5) is 5.69 Å². The summed E-state index contributed by atoms with van der Waals surface area (Å²) in [6, 6.07) is 22.3. The highest BCUT2D eigenvalue weighted by Crippen LogP contribution is 2.55. The summed E-state index contributed by atoms with van der Waals surface area (Å²) in [6.45, 7) is 5.18. The Balaban J connectivity index is 1.63. The summed E-state index contributed by atoms with van der Waals surface area (Å²) in [5.41, 5.74) is 5.82. The van der Waals surface area contributed by atoms with Gasteiger partial charge in [0, 0.05) is 16.9 Å². The number of hydrogen-bond acceptors (Lipinski definition) is 5.